The van der Waals surface area contributed by atoms with Gasteiger partial charge in [0.2, 0.25) is 5.78 Å². The highest BCUT2D eigenvalue weighted by Gasteiger charge is 2.27. The number of nitrogen functional groups attached to an aromatic ring is 1. The van der Waals surface area contributed by atoms with Gasteiger partial charge in [-0.15, -0.1) is 4.40 Å². The van der Waals surface area contributed by atoms with Gasteiger partial charge in [0, 0.05) is 19.8 Å². The molecule has 0 amide bonds. The quantitative estimate of drug-likeness (QED) is 0.404. The Kier molecular flexibility index (Phi) is 6.26. The van der Waals surface area contributed by atoms with Gasteiger partial charge < -0.3 is 15.4 Å². The van der Waals surface area contributed by atoms with Crippen LogP contribution < -0.4 is 17.0 Å². The average molecular weight is 500 g/mol. The standard InChI is InChI=1S/C22H21N5O7S/c1-25-20(29)18(19(23)27(22(25)31)11-14-5-3-2-4-6-14)16(28)13-34-21(30)15-7-8-17-24-35(32,33)10-9-26(17)12-15/h2-8,12H,9-11,13,23H2,1H3. The van der Waals surface area contributed by atoms with Gasteiger partial charge in [0.1, 0.15) is 17.2 Å². The normalized spacial score (nSPS) is 16.2. The number of nitrogens with two attached hydrogens (primary N) is 1. The first-order chi connectivity index (χ1) is 16.6. The molecule has 1 aromatic heterocycles. The van der Waals surface area contributed by atoms with E-state index in [4.69, 9.17) is 10.5 Å². The van der Waals surface area contributed by atoms with Crippen molar-refractivity contribution >= 4 is 33.4 Å². The smallest absolute Gasteiger partial charge is 0.340 e. The van der Waals surface area contributed by atoms with Crippen LogP contribution in [0.15, 0.2) is 68.2 Å². The number of ether oxygens (including phenoxy) is 1. The molecule has 0 spiro atoms. The molecule has 2 aromatic rings. The first-order valence-corrected chi connectivity index (χ1v) is 12.0. The van der Waals surface area contributed by atoms with Crippen LogP contribution in [0.3, 0.4) is 0 Å². The topological polar surface area (TPSA) is 163 Å². The molecule has 0 saturated heterocycles. The highest BCUT2D eigenvalue weighted by Crippen LogP contribution is 2.17. The highest BCUT2D eigenvalue weighted by atomic mass is 32.2. The fourth-order valence-corrected chi connectivity index (χ4v) is 4.54. The fourth-order valence-electron chi connectivity index (χ4n) is 3.57. The number of esters is 1. The third kappa shape index (κ3) is 4.84. The number of carbonyl (C=O) groups excluding carboxylic acids is 2. The van der Waals surface area contributed by atoms with Crippen molar-refractivity contribution in [3.8, 4) is 0 Å². The van der Waals surface area contributed by atoms with Crippen LogP contribution in [0.1, 0.15) is 15.9 Å². The first-order valence-electron chi connectivity index (χ1n) is 10.4. The third-order valence-corrected chi connectivity index (χ3v) is 6.60. The Hall–Kier alpha value is -4.26. The number of fused-ring (bicyclic) bond motifs is 1. The van der Waals surface area contributed by atoms with E-state index in [0.717, 1.165) is 14.7 Å². The molecule has 0 fully saturated rings. The van der Waals surface area contributed by atoms with Gasteiger partial charge in [-0.1, -0.05) is 30.3 Å². The number of ketones is 1. The van der Waals surface area contributed by atoms with E-state index in [0.29, 0.717) is 0 Å². The van der Waals surface area contributed by atoms with E-state index in [2.05, 4.69) is 4.40 Å². The van der Waals surface area contributed by atoms with Crippen molar-refractivity contribution in [2.24, 2.45) is 11.4 Å². The number of rotatable bonds is 6. The number of hydrogen-bond acceptors (Lipinski definition) is 9. The minimum atomic E-state index is -3.54. The number of nitrogens with zero attached hydrogens (tertiary/aromatic N) is 4. The number of benzene rings is 1. The molecule has 2 aliphatic rings. The van der Waals surface area contributed by atoms with Gasteiger partial charge >= 0.3 is 11.7 Å². The number of anilines is 1. The fraction of sp³-hybridized carbons (Fsp3) is 0.227. The zero-order chi connectivity index (χ0) is 25.3. The lowest BCUT2D eigenvalue weighted by Gasteiger charge is -2.26. The summed E-state index contributed by atoms with van der Waals surface area (Å²) >= 11 is 0. The molecule has 13 heteroatoms. The van der Waals surface area contributed by atoms with E-state index < -0.39 is 45.2 Å². The van der Waals surface area contributed by atoms with Gasteiger partial charge in [0.25, 0.3) is 15.6 Å². The Balaban J connectivity index is 1.53. The molecule has 12 nitrogen and oxygen atoms in total. The third-order valence-electron chi connectivity index (χ3n) is 5.44. The molecule has 2 aliphatic heterocycles. The minimum Gasteiger partial charge on any atom is -0.454 e. The zero-order valence-electron chi connectivity index (χ0n) is 18.6. The molecule has 182 valence electrons. The maximum atomic E-state index is 12.8. The molecule has 2 N–H and O–H groups in total. The lowest BCUT2D eigenvalue weighted by molar-refractivity contribution is -0.137. The van der Waals surface area contributed by atoms with Crippen molar-refractivity contribution in [3.05, 3.63) is 86.2 Å². The Morgan fingerprint density at radius 3 is 2.57 bits per heavy atom. The molecule has 4 rings (SSSR count). The number of sulfonamides is 1. The summed E-state index contributed by atoms with van der Waals surface area (Å²) in [6.07, 6.45) is 4.03. The van der Waals surface area contributed by atoms with E-state index in [1.165, 1.54) is 30.3 Å². The summed E-state index contributed by atoms with van der Waals surface area (Å²) in [5.41, 5.74) is 4.79. The minimum absolute atomic E-state index is 0.0345. The molecular weight excluding hydrogens is 478 g/mol. The van der Waals surface area contributed by atoms with Crippen LogP contribution >= 0.6 is 0 Å². The van der Waals surface area contributed by atoms with Crippen molar-refractivity contribution in [1.29, 1.82) is 0 Å². The lowest BCUT2D eigenvalue weighted by atomic mass is 10.1. The molecule has 1 aromatic carbocycles. The second kappa shape index (κ2) is 9.18. The SMILES string of the molecule is Cn1c(=O)c(C(=O)COC(=O)C2=CN3CCS(=O)(=O)N=C3C=C2)c(N)n(Cc2ccccc2)c1=O. The van der Waals surface area contributed by atoms with Crippen LogP contribution in [0.2, 0.25) is 0 Å². The molecule has 35 heavy (non-hydrogen) atoms. The molecule has 0 saturated carbocycles. The van der Waals surface area contributed by atoms with E-state index in [1.54, 1.807) is 30.3 Å². The van der Waals surface area contributed by atoms with Crippen LogP contribution in [0, 0.1) is 0 Å². The zero-order valence-corrected chi connectivity index (χ0v) is 19.4. The van der Waals surface area contributed by atoms with Crippen LogP contribution in [-0.2, 0) is 33.1 Å². The molecular formula is C22H21N5O7S. The molecule has 0 radical (unpaired) electrons. The van der Waals surface area contributed by atoms with E-state index in [9.17, 15) is 27.6 Å². The predicted molar refractivity (Wildman–Crippen MR) is 126 cm³/mol. The largest absolute Gasteiger partial charge is 0.454 e. The first kappa shape index (κ1) is 23.9. The molecule has 0 unspecified atom stereocenters. The van der Waals surface area contributed by atoms with Gasteiger partial charge in [-0.05, 0) is 17.7 Å². The van der Waals surface area contributed by atoms with Gasteiger partial charge in [-0.3, -0.25) is 18.7 Å². The van der Waals surface area contributed by atoms with E-state index in [-0.39, 0.29) is 36.1 Å². The number of amidine groups is 1. The van der Waals surface area contributed by atoms with E-state index in [1.807, 2.05) is 0 Å². The Morgan fingerprint density at radius 1 is 1.14 bits per heavy atom. The Bertz CT molecular complexity index is 1530. The van der Waals surface area contributed by atoms with Gasteiger partial charge in [0.15, 0.2) is 6.61 Å². The van der Waals surface area contributed by atoms with Crippen molar-refractivity contribution in [1.82, 2.24) is 14.0 Å². The summed E-state index contributed by atoms with van der Waals surface area (Å²) in [5, 5.41) is 0. The van der Waals surface area contributed by atoms with Crippen molar-refractivity contribution < 1.29 is 22.7 Å². The van der Waals surface area contributed by atoms with E-state index >= 15 is 0 Å². The van der Waals surface area contributed by atoms with Crippen LogP contribution in [0.25, 0.3) is 0 Å². The van der Waals surface area contributed by atoms with Gasteiger partial charge in [0.05, 0.1) is 17.9 Å². The van der Waals surface area contributed by atoms with Crippen molar-refractivity contribution in [2.75, 3.05) is 24.6 Å². The second-order valence-electron chi connectivity index (χ2n) is 7.82. The van der Waals surface area contributed by atoms with Crippen LogP contribution in [0.4, 0.5) is 5.82 Å². The maximum absolute atomic E-state index is 12.8. The second-order valence-corrected chi connectivity index (χ2v) is 9.58. The van der Waals surface area contributed by atoms with Crippen LogP contribution in [0.5, 0.6) is 0 Å². The summed E-state index contributed by atoms with van der Waals surface area (Å²) in [6.45, 7) is -0.647. The molecule has 0 bridgehead atoms. The number of aromatic nitrogens is 2. The lowest BCUT2D eigenvalue weighted by Crippen LogP contribution is -2.43. The summed E-state index contributed by atoms with van der Waals surface area (Å²) in [7, 11) is -2.32. The number of carbonyl (C=O) groups is 2. The van der Waals surface area contributed by atoms with Crippen molar-refractivity contribution in [3.63, 3.8) is 0 Å². The summed E-state index contributed by atoms with van der Waals surface area (Å²) in [5.74, 6) is -2.10. The number of hydrogen-bond donors (Lipinski definition) is 1. The Labute approximate surface area is 199 Å². The summed E-state index contributed by atoms with van der Waals surface area (Å²) in [6, 6.07) is 8.88. The Morgan fingerprint density at radius 2 is 1.86 bits per heavy atom. The highest BCUT2D eigenvalue weighted by molar-refractivity contribution is 7.90. The number of Topliss-reactive ketones (excluding diaryl/α,β-unsaturated/α-hetero) is 1. The molecule has 0 aliphatic carbocycles. The predicted octanol–water partition coefficient (Wildman–Crippen LogP) is -0.599. The van der Waals surface area contributed by atoms with Gasteiger partial charge in [-0.25, -0.2) is 18.0 Å². The monoisotopic (exact) mass is 499 g/mol. The average Bonchev–Trinajstić information content (AvgIpc) is 2.83. The van der Waals surface area contributed by atoms with Crippen LogP contribution in [-0.4, -0.2) is 58.9 Å². The molecule has 0 atom stereocenters. The summed E-state index contributed by atoms with van der Waals surface area (Å²) < 4.78 is 33.8. The summed E-state index contributed by atoms with van der Waals surface area (Å²) in [4.78, 5) is 52.0. The maximum Gasteiger partial charge on any atom is 0.340 e. The van der Waals surface area contributed by atoms with Gasteiger partial charge in [-0.2, -0.15) is 0 Å². The molecule has 3 heterocycles. The van der Waals surface area contributed by atoms with Crippen molar-refractivity contribution in [2.45, 2.75) is 6.54 Å².